The smallest absolute Gasteiger partial charge is 0.294 e. The number of aryl methyl sites for hydroxylation is 2. The number of fused-ring (bicyclic) bond motifs is 2. The Morgan fingerprint density at radius 3 is 2.65 bits per heavy atom. The van der Waals surface area contributed by atoms with Crippen LogP contribution in [0.15, 0.2) is 41.3 Å². The van der Waals surface area contributed by atoms with Crippen LogP contribution in [0.1, 0.15) is 50.8 Å². The lowest BCUT2D eigenvalue weighted by Crippen LogP contribution is -2.41. The molecule has 0 aliphatic carbocycles. The molecule has 2 amide bonds. The summed E-state index contributed by atoms with van der Waals surface area (Å²) >= 11 is 1.12. The number of aromatic nitrogens is 4. The molecular weight excluding hydrogens is 456 g/mol. The molecule has 0 spiro atoms. The SMILES string of the molecule is Cc1c(C(=O)NNC(=O)c2nn(-c3ccccc3)cc2O)sc2nc3n(c(=O)c12)CCCCC3. The molecule has 10 nitrogen and oxygen atoms in total. The molecule has 1 aromatic carbocycles. The van der Waals surface area contributed by atoms with Gasteiger partial charge in [-0.1, -0.05) is 24.6 Å². The number of para-hydroxylation sites is 1. The summed E-state index contributed by atoms with van der Waals surface area (Å²) in [4.78, 5) is 43.9. The van der Waals surface area contributed by atoms with Gasteiger partial charge in [0.2, 0.25) is 0 Å². The predicted octanol–water partition coefficient (Wildman–Crippen LogP) is 2.46. The molecule has 0 saturated heterocycles. The monoisotopic (exact) mass is 478 g/mol. The third-order valence-electron chi connectivity index (χ3n) is 5.84. The summed E-state index contributed by atoms with van der Waals surface area (Å²) in [5, 5.41) is 14.7. The maximum atomic E-state index is 13.1. The van der Waals surface area contributed by atoms with Crippen LogP contribution in [0.4, 0.5) is 0 Å². The van der Waals surface area contributed by atoms with Gasteiger partial charge >= 0.3 is 0 Å². The van der Waals surface area contributed by atoms with Gasteiger partial charge in [0.1, 0.15) is 10.7 Å². The highest BCUT2D eigenvalue weighted by molar-refractivity contribution is 7.20. The fourth-order valence-electron chi connectivity index (χ4n) is 4.10. The summed E-state index contributed by atoms with van der Waals surface area (Å²) in [5.74, 6) is -0.923. The van der Waals surface area contributed by atoms with Crippen LogP contribution < -0.4 is 16.4 Å². The van der Waals surface area contributed by atoms with Gasteiger partial charge in [-0.25, -0.2) is 9.67 Å². The number of amides is 2. The highest BCUT2D eigenvalue weighted by atomic mass is 32.1. The average Bonchev–Trinajstić information content (AvgIpc) is 3.28. The second-order valence-corrected chi connectivity index (χ2v) is 9.08. The van der Waals surface area contributed by atoms with Gasteiger partial charge in [0.15, 0.2) is 11.4 Å². The molecule has 1 aliphatic rings. The van der Waals surface area contributed by atoms with E-state index >= 15 is 0 Å². The van der Waals surface area contributed by atoms with Crippen LogP contribution >= 0.6 is 11.3 Å². The molecule has 0 bridgehead atoms. The van der Waals surface area contributed by atoms with Crippen molar-refractivity contribution in [1.82, 2.24) is 30.2 Å². The molecule has 0 fully saturated rings. The number of hydrazine groups is 1. The summed E-state index contributed by atoms with van der Waals surface area (Å²) in [7, 11) is 0. The Labute approximate surface area is 197 Å². The number of hydrogen-bond donors (Lipinski definition) is 3. The number of carbonyl (C=O) groups excluding carboxylic acids is 2. The third kappa shape index (κ3) is 3.83. The van der Waals surface area contributed by atoms with Crippen LogP contribution in [0.2, 0.25) is 0 Å². The van der Waals surface area contributed by atoms with Gasteiger partial charge in [-0.05, 0) is 37.5 Å². The van der Waals surface area contributed by atoms with E-state index in [9.17, 15) is 19.5 Å². The van der Waals surface area contributed by atoms with E-state index in [1.54, 1.807) is 35.8 Å². The molecule has 0 radical (unpaired) electrons. The zero-order chi connectivity index (χ0) is 23.8. The lowest BCUT2D eigenvalue weighted by molar-refractivity contribution is 0.0844. The molecule has 1 aliphatic heterocycles. The Hall–Kier alpha value is -3.99. The van der Waals surface area contributed by atoms with Crippen LogP contribution in [0.3, 0.4) is 0 Å². The van der Waals surface area contributed by atoms with E-state index in [0.29, 0.717) is 32.9 Å². The Bertz CT molecular complexity index is 1470. The third-order valence-corrected chi connectivity index (χ3v) is 7.02. The second-order valence-electron chi connectivity index (χ2n) is 8.08. The van der Waals surface area contributed by atoms with Crippen molar-refractivity contribution in [3.63, 3.8) is 0 Å². The van der Waals surface area contributed by atoms with Crippen molar-refractivity contribution in [2.75, 3.05) is 0 Å². The Balaban J connectivity index is 1.36. The van der Waals surface area contributed by atoms with E-state index in [1.165, 1.54) is 10.9 Å². The highest BCUT2D eigenvalue weighted by Crippen LogP contribution is 2.28. The van der Waals surface area contributed by atoms with Crippen molar-refractivity contribution in [1.29, 1.82) is 0 Å². The number of rotatable bonds is 3. The first-order valence-corrected chi connectivity index (χ1v) is 11.7. The average molecular weight is 479 g/mol. The van der Waals surface area contributed by atoms with Crippen molar-refractivity contribution < 1.29 is 14.7 Å². The van der Waals surface area contributed by atoms with E-state index in [0.717, 1.165) is 42.8 Å². The first-order chi connectivity index (χ1) is 16.4. The van der Waals surface area contributed by atoms with Crippen LogP contribution in [0, 0.1) is 6.92 Å². The minimum Gasteiger partial charge on any atom is -0.504 e. The van der Waals surface area contributed by atoms with Gasteiger partial charge in [-0.2, -0.15) is 5.10 Å². The highest BCUT2D eigenvalue weighted by Gasteiger charge is 2.23. The number of thiophene rings is 1. The van der Waals surface area contributed by atoms with Gasteiger partial charge in [0.25, 0.3) is 17.4 Å². The molecule has 3 aromatic heterocycles. The molecule has 4 heterocycles. The number of nitrogens with one attached hydrogen (secondary N) is 2. The Morgan fingerprint density at radius 1 is 1.09 bits per heavy atom. The summed E-state index contributed by atoms with van der Waals surface area (Å²) < 4.78 is 3.08. The molecule has 11 heteroatoms. The lowest BCUT2D eigenvalue weighted by atomic mass is 10.2. The maximum absolute atomic E-state index is 13.1. The van der Waals surface area contributed by atoms with Crippen LogP contribution in [-0.2, 0) is 13.0 Å². The number of benzene rings is 1. The Morgan fingerprint density at radius 2 is 1.85 bits per heavy atom. The van der Waals surface area contributed by atoms with E-state index in [-0.39, 0.29) is 17.0 Å². The molecule has 174 valence electrons. The minimum absolute atomic E-state index is 0.130. The standard InChI is InChI=1S/C23H22N6O4S/c1-13-17-22(24-16-10-6-3-7-11-28(16)23(17)33)34-19(13)21(32)26-25-20(31)18-15(30)12-29(27-18)14-8-4-2-5-9-14/h2,4-5,8-9,12,30H,3,6-7,10-11H2,1H3,(H,25,31)(H,26,32). The molecule has 0 atom stereocenters. The second kappa shape index (κ2) is 8.75. The van der Waals surface area contributed by atoms with Gasteiger partial charge in [0, 0.05) is 13.0 Å². The molecule has 34 heavy (non-hydrogen) atoms. The maximum Gasteiger partial charge on any atom is 0.294 e. The zero-order valence-corrected chi connectivity index (χ0v) is 19.2. The predicted molar refractivity (Wildman–Crippen MR) is 126 cm³/mol. The van der Waals surface area contributed by atoms with Gasteiger partial charge in [-0.3, -0.25) is 29.8 Å². The van der Waals surface area contributed by atoms with Crippen molar-refractivity contribution in [2.45, 2.75) is 39.2 Å². The number of nitrogens with zero attached hydrogens (tertiary/aromatic N) is 4. The van der Waals surface area contributed by atoms with Crippen LogP contribution in [0.5, 0.6) is 5.75 Å². The summed E-state index contributed by atoms with van der Waals surface area (Å²) in [6, 6.07) is 9.00. The van der Waals surface area contributed by atoms with Gasteiger partial charge in [0.05, 0.1) is 22.1 Å². The molecule has 5 rings (SSSR count). The molecule has 0 saturated carbocycles. The Kier molecular flexibility index (Phi) is 5.62. The van der Waals surface area contributed by atoms with E-state index in [4.69, 9.17) is 0 Å². The summed E-state index contributed by atoms with van der Waals surface area (Å²) in [6.45, 7) is 2.33. The number of aromatic hydroxyl groups is 1. The first-order valence-electron chi connectivity index (χ1n) is 10.9. The molecule has 0 unspecified atom stereocenters. The normalized spacial score (nSPS) is 13.3. The number of carbonyl (C=O) groups is 2. The van der Waals surface area contributed by atoms with Crippen molar-refractivity contribution >= 4 is 33.4 Å². The number of hydrogen-bond acceptors (Lipinski definition) is 7. The minimum atomic E-state index is -0.774. The molecule has 4 aromatic rings. The fraction of sp³-hybridized carbons (Fsp3) is 0.261. The van der Waals surface area contributed by atoms with Crippen LogP contribution in [0.25, 0.3) is 15.9 Å². The lowest BCUT2D eigenvalue weighted by Gasteiger charge is -2.08. The largest absolute Gasteiger partial charge is 0.504 e. The fourth-order valence-corrected chi connectivity index (χ4v) is 5.18. The van der Waals surface area contributed by atoms with E-state index in [2.05, 4.69) is 20.9 Å². The first kappa shape index (κ1) is 21.8. The van der Waals surface area contributed by atoms with E-state index < -0.39 is 11.8 Å². The van der Waals surface area contributed by atoms with Crippen molar-refractivity contribution in [2.24, 2.45) is 0 Å². The van der Waals surface area contributed by atoms with E-state index in [1.807, 2.05) is 6.07 Å². The van der Waals surface area contributed by atoms with Crippen molar-refractivity contribution in [3.8, 4) is 11.4 Å². The van der Waals surface area contributed by atoms with Crippen LogP contribution in [-0.4, -0.2) is 36.3 Å². The molecular formula is C23H22N6O4S. The zero-order valence-electron chi connectivity index (χ0n) is 18.4. The summed E-state index contributed by atoms with van der Waals surface area (Å²) in [6.07, 6.45) is 5.01. The summed E-state index contributed by atoms with van der Waals surface area (Å²) in [5.41, 5.74) is 5.46. The quantitative estimate of drug-likeness (QED) is 0.388. The molecule has 3 N–H and O–H groups in total. The van der Waals surface area contributed by atoms with Gasteiger partial charge < -0.3 is 5.11 Å². The van der Waals surface area contributed by atoms with Crippen molar-refractivity contribution in [3.05, 3.63) is 68.8 Å². The van der Waals surface area contributed by atoms with Gasteiger partial charge in [-0.15, -0.1) is 11.3 Å². The topological polar surface area (TPSA) is 131 Å².